The van der Waals surface area contributed by atoms with E-state index >= 15 is 0 Å². The lowest BCUT2D eigenvalue weighted by atomic mass is 9.81. The normalized spacial score (nSPS) is 23.0. The van der Waals surface area contributed by atoms with Gasteiger partial charge in [0.05, 0.1) is 6.04 Å². The van der Waals surface area contributed by atoms with Crippen molar-refractivity contribution < 1.29 is 4.79 Å². The molecule has 1 fully saturated rings. The van der Waals surface area contributed by atoms with E-state index in [9.17, 15) is 4.79 Å². The number of allylic oxidation sites excluding steroid dienone is 1. The number of benzene rings is 2. The second kappa shape index (κ2) is 11.4. The first kappa shape index (κ1) is 28.0. The molecule has 5 rings (SSSR count). The summed E-state index contributed by atoms with van der Waals surface area (Å²) < 4.78 is 0. The number of hydrogen-bond donors (Lipinski definition) is 1. The van der Waals surface area contributed by atoms with Gasteiger partial charge in [0, 0.05) is 42.9 Å². The summed E-state index contributed by atoms with van der Waals surface area (Å²) in [6, 6.07) is 15.8. The third kappa shape index (κ3) is 5.71. The van der Waals surface area contributed by atoms with Crippen molar-refractivity contribution >= 4 is 46.0 Å². The van der Waals surface area contributed by atoms with Crippen LogP contribution in [-0.2, 0) is 10.3 Å². The molecule has 0 spiro atoms. The maximum Gasteiger partial charge on any atom is 0.262 e. The van der Waals surface area contributed by atoms with Crippen molar-refractivity contribution in [3.63, 3.8) is 0 Å². The molecule has 0 saturated carbocycles. The number of nitrogens with zero attached hydrogens (tertiary/aromatic N) is 4. The molecular formula is C28H35Cl2N5OS. The van der Waals surface area contributed by atoms with Gasteiger partial charge in [0.2, 0.25) is 0 Å². The summed E-state index contributed by atoms with van der Waals surface area (Å²) in [5.41, 5.74) is 2.73. The first-order chi connectivity index (χ1) is 17.5. The lowest BCUT2D eigenvalue weighted by Crippen LogP contribution is -2.36. The third-order valence-corrected chi connectivity index (χ3v) is 8.32. The molecule has 2 atom stereocenters. The molecule has 0 unspecified atom stereocenters. The summed E-state index contributed by atoms with van der Waals surface area (Å²) in [6.45, 7) is 8.16. The van der Waals surface area contributed by atoms with Crippen LogP contribution in [0, 0.1) is 5.92 Å². The minimum atomic E-state index is -0.539. The lowest BCUT2D eigenvalue weighted by molar-refractivity contribution is -0.125. The molecule has 2 aromatic rings. The largest absolute Gasteiger partial charge is 0.338 e. The highest BCUT2D eigenvalue weighted by atomic mass is 35.5. The highest BCUT2D eigenvalue weighted by molar-refractivity contribution is 8.18. The molecule has 2 N–H and O–H groups in total. The van der Waals surface area contributed by atoms with Crippen molar-refractivity contribution in [3.05, 3.63) is 80.3 Å². The van der Waals surface area contributed by atoms with Gasteiger partial charge in [-0.15, -0.1) is 0 Å². The van der Waals surface area contributed by atoms with Gasteiger partial charge in [-0.3, -0.25) is 15.6 Å². The van der Waals surface area contributed by atoms with E-state index in [2.05, 4.69) is 49.9 Å². The fourth-order valence-corrected chi connectivity index (χ4v) is 6.76. The third-order valence-electron chi connectivity index (χ3n) is 6.76. The number of amidine groups is 1. The Morgan fingerprint density at radius 1 is 1.05 bits per heavy atom. The molecule has 6 nitrogen and oxygen atoms in total. The minimum Gasteiger partial charge on any atom is -0.338 e. The van der Waals surface area contributed by atoms with Crippen LogP contribution in [0.1, 0.15) is 50.8 Å². The number of rotatable bonds is 4. The molecule has 0 radical (unpaired) electrons. The number of aliphatic imine (C=N–C) groups is 1. The van der Waals surface area contributed by atoms with Crippen molar-refractivity contribution in [2.45, 2.75) is 45.2 Å². The maximum atomic E-state index is 13.5. The van der Waals surface area contributed by atoms with Crippen LogP contribution in [0.5, 0.6) is 0 Å². The summed E-state index contributed by atoms with van der Waals surface area (Å²) in [6.07, 6.45) is 2.15. The van der Waals surface area contributed by atoms with Gasteiger partial charge in [-0.1, -0.05) is 61.3 Å². The van der Waals surface area contributed by atoms with Gasteiger partial charge in [0.15, 0.2) is 5.17 Å². The molecule has 0 bridgehead atoms. The van der Waals surface area contributed by atoms with Crippen molar-refractivity contribution in [1.29, 1.82) is 0 Å². The zero-order valence-corrected chi connectivity index (χ0v) is 24.4. The quantitative estimate of drug-likeness (QED) is 0.352. The van der Waals surface area contributed by atoms with E-state index in [1.165, 1.54) is 16.8 Å². The van der Waals surface area contributed by atoms with Crippen molar-refractivity contribution in [1.82, 2.24) is 14.8 Å². The Bertz CT molecular complexity index is 1190. The van der Waals surface area contributed by atoms with Gasteiger partial charge in [0.25, 0.3) is 5.91 Å². The van der Waals surface area contributed by atoms with Crippen molar-refractivity contribution in [2.24, 2.45) is 16.8 Å². The van der Waals surface area contributed by atoms with E-state index in [1.54, 1.807) is 14.1 Å². The van der Waals surface area contributed by atoms with Crippen LogP contribution < -0.4 is 5.84 Å². The summed E-state index contributed by atoms with van der Waals surface area (Å²) in [5, 5.41) is 3.79. The van der Waals surface area contributed by atoms with Crippen molar-refractivity contribution in [2.75, 3.05) is 27.2 Å². The van der Waals surface area contributed by atoms with Crippen LogP contribution in [0.25, 0.3) is 0 Å². The highest BCUT2D eigenvalue weighted by Crippen LogP contribution is 2.56. The van der Waals surface area contributed by atoms with Gasteiger partial charge in [-0.2, -0.15) is 0 Å². The lowest BCUT2D eigenvalue weighted by Gasteiger charge is -2.37. The fraction of sp³-hybridized carbons (Fsp3) is 0.429. The number of hydrazine groups is 1. The SMILES string of the molecule is CC(C)C1=C(C(=O)N2CCCC2)SC2=N[C@@](C)(c3ccc(Cl)cc3)[C@@H](c3ccc(Cl)cc3)N21.CN(C)N. The Morgan fingerprint density at radius 3 is 2.08 bits per heavy atom. The fourth-order valence-electron chi connectivity index (χ4n) is 5.13. The molecule has 1 saturated heterocycles. The van der Waals surface area contributed by atoms with E-state index in [1.807, 2.05) is 29.2 Å². The van der Waals surface area contributed by atoms with Gasteiger partial charge in [-0.25, -0.2) is 4.99 Å². The Hall–Kier alpha value is -2.03. The monoisotopic (exact) mass is 559 g/mol. The minimum absolute atomic E-state index is 0.0975. The first-order valence-corrected chi connectivity index (χ1v) is 14.1. The highest BCUT2D eigenvalue weighted by Gasteiger charge is 2.53. The van der Waals surface area contributed by atoms with Gasteiger partial charge in [-0.05, 0) is 72.8 Å². The molecular weight excluding hydrogens is 525 g/mol. The summed E-state index contributed by atoms with van der Waals surface area (Å²) in [7, 11) is 3.56. The van der Waals surface area contributed by atoms with E-state index in [-0.39, 0.29) is 17.9 Å². The summed E-state index contributed by atoms with van der Waals surface area (Å²) >= 11 is 14.0. The van der Waals surface area contributed by atoms with Crippen LogP contribution in [0.15, 0.2) is 64.1 Å². The van der Waals surface area contributed by atoms with Crippen LogP contribution in [0.3, 0.4) is 0 Å². The molecule has 3 heterocycles. The maximum absolute atomic E-state index is 13.5. The number of halogens is 2. The average molecular weight is 561 g/mol. The smallest absolute Gasteiger partial charge is 0.262 e. The number of amides is 1. The number of hydrogen-bond acceptors (Lipinski definition) is 6. The number of nitrogens with two attached hydrogens (primary N) is 1. The second-order valence-corrected chi connectivity index (χ2v) is 12.2. The standard InChI is InChI=1S/C26H27Cl2N3OS.C2H8N2/c1-16(2)21-22(24(32)30-14-4-5-15-30)33-25-29-26(3,18-8-12-20(28)13-9-18)23(31(21)25)17-6-10-19(27)11-7-17;1-4(2)3/h6-13,16,23H,4-5,14-15H2,1-3H3;3H2,1-2H3/t23-,26+;/m1./s1. The Labute approximate surface area is 234 Å². The molecule has 3 aliphatic heterocycles. The molecule has 1 amide bonds. The van der Waals surface area contributed by atoms with Gasteiger partial charge >= 0.3 is 0 Å². The zero-order valence-electron chi connectivity index (χ0n) is 22.0. The topological polar surface area (TPSA) is 65.2 Å². The van der Waals surface area contributed by atoms with E-state index in [4.69, 9.17) is 34.0 Å². The zero-order chi connectivity index (χ0) is 26.9. The Balaban J connectivity index is 0.000000747. The van der Waals surface area contributed by atoms with E-state index in [0.29, 0.717) is 10.0 Å². The van der Waals surface area contributed by atoms with Crippen LogP contribution in [-0.4, -0.2) is 53.1 Å². The molecule has 9 heteroatoms. The molecule has 0 aliphatic carbocycles. The van der Waals surface area contributed by atoms with Crippen LogP contribution in [0.2, 0.25) is 10.0 Å². The van der Waals surface area contributed by atoms with Crippen molar-refractivity contribution in [3.8, 4) is 0 Å². The summed E-state index contributed by atoms with van der Waals surface area (Å²) in [5.74, 6) is 5.26. The van der Waals surface area contributed by atoms with Crippen LogP contribution in [0.4, 0.5) is 0 Å². The molecule has 3 aliphatic rings. The number of fused-ring (bicyclic) bond motifs is 1. The summed E-state index contributed by atoms with van der Waals surface area (Å²) in [4.78, 5) is 23.9. The Morgan fingerprint density at radius 2 is 1.57 bits per heavy atom. The first-order valence-electron chi connectivity index (χ1n) is 12.6. The van der Waals surface area contributed by atoms with Crippen LogP contribution >= 0.6 is 35.0 Å². The van der Waals surface area contributed by atoms with Gasteiger partial charge < -0.3 is 9.80 Å². The number of thioether (sulfide) groups is 1. The molecule has 198 valence electrons. The number of carbonyl (C=O) groups is 1. The second-order valence-electron chi connectivity index (χ2n) is 10.3. The molecule has 37 heavy (non-hydrogen) atoms. The Kier molecular flexibility index (Phi) is 8.61. The van der Waals surface area contributed by atoms with E-state index < -0.39 is 5.54 Å². The predicted octanol–water partition coefficient (Wildman–Crippen LogP) is 6.28. The number of likely N-dealkylation sites (tertiary alicyclic amines) is 1. The number of carbonyl (C=O) groups excluding carboxylic acids is 1. The van der Waals surface area contributed by atoms with Gasteiger partial charge in [0.1, 0.15) is 10.4 Å². The predicted molar refractivity (Wildman–Crippen MR) is 155 cm³/mol. The van der Waals surface area contributed by atoms with E-state index in [0.717, 1.165) is 52.8 Å². The molecule has 0 aromatic heterocycles. The average Bonchev–Trinajstić information content (AvgIpc) is 3.54. The molecule has 2 aromatic carbocycles.